The minimum atomic E-state index is -1.02. The van der Waals surface area contributed by atoms with Gasteiger partial charge in [0, 0.05) is 36.9 Å². The average Bonchev–Trinajstić information content (AvgIpc) is 3.00. The third kappa shape index (κ3) is 5.06. The van der Waals surface area contributed by atoms with E-state index in [2.05, 4.69) is 24.4 Å². The molecule has 1 amide bonds. The molecular formula is C21H34N4O4S. The lowest BCUT2D eigenvalue weighted by atomic mass is 9.72. The van der Waals surface area contributed by atoms with Crippen LogP contribution in [0.25, 0.3) is 0 Å². The lowest BCUT2D eigenvalue weighted by Gasteiger charge is -2.35. The van der Waals surface area contributed by atoms with Crippen molar-refractivity contribution in [3.05, 3.63) is 0 Å². The summed E-state index contributed by atoms with van der Waals surface area (Å²) in [6, 6.07) is -0.434. The predicted octanol–water partition coefficient (Wildman–Crippen LogP) is 1.53. The maximum Gasteiger partial charge on any atom is 0.308 e. The molecule has 0 bridgehead atoms. The normalized spacial score (nSPS) is 29.6. The largest absolute Gasteiger partial charge is 0.380 e. The Kier molecular flexibility index (Phi) is 7.57. The highest BCUT2D eigenvalue weighted by molar-refractivity contribution is 8.14. The number of ether oxygens (including phenoxy) is 1. The molecule has 0 aromatic heterocycles. The van der Waals surface area contributed by atoms with Gasteiger partial charge in [-0.05, 0) is 39.0 Å². The van der Waals surface area contributed by atoms with Gasteiger partial charge in [0.25, 0.3) is 0 Å². The van der Waals surface area contributed by atoms with Crippen LogP contribution in [0.15, 0.2) is 5.10 Å². The zero-order chi connectivity index (χ0) is 21.9. The standard InChI is InChI=1S/C21H34N4O4S/c1-21(2)12-30-20(25(21)3)24-23-19(28)18(27)16(14-9-10-29-11-15(14)22)17(26)13-7-5-4-6-8-13/h13-16H,4-12,22H2,1-3H3,(H,23,28). The number of nitrogens with two attached hydrogens (primary N) is 1. The Balaban J connectivity index is 1.75. The number of carbonyl (C=O) groups is 3. The van der Waals surface area contributed by atoms with Crippen LogP contribution >= 0.6 is 11.8 Å². The number of ketones is 2. The Morgan fingerprint density at radius 1 is 1.23 bits per heavy atom. The first kappa shape index (κ1) is 23.2. The topological polar surface area (TPSA) is 114 Å². The molecule has 0 aromatic rings. The van der Waals surface area contributed by atoms with Crippen molar-refractivity contribution in [2.24, 2.45) is 28.6 Å². The first-order valence-electron chi connectivity index (χ1n) is 10.9. The van der Waals surface area contributed by atoms with Gasteiger partial charge in [-0.1, -0.05) is 31.0 Å². The van der Waals surface area contributed by atoms with Gasteiger partial charge in [-0.15, -0.1) is 5.10 Å². The Bertz CT molecular complexity index is 705. The van der Waals surface area contributed by atoms with Gasteiger partial charge in [0.2, 0.25) is 5.78 Å². The first-order valence-corrected chi connectivity index (χ1v) is 11.9. The number of Topliss-reactive ketones (excluding diaryl/α,β-unsaturated/α-hetero) is 2. The molecular weight excluding hydrogens is 404 g/mol. The third-order valence-electron chi connectivity index (χ3n) is 6.71. The smallest absolute Gasteiger partial charge is 0.308 e. The summed E-state index contributed by atoms with van der Waals surface area (Å²) < 4.78 is 5.40. The van der Waals surface area contributed by atoms with E-state index in [1.54, 1.807) is 0 Å². The summed E-state index contributed by atoms with van der Waals surface area (Å²) in [4.78, 5) is 41.2. The van der Waals surface area contributed by atoms with Gasteiger partial charge in [0.15, 0.2) is 5.17 Å². The maximum absolute atomic E-state index is 13.3. The van der Waals surface area contributed by atoms with Crippen molar-refractivity contribution >= 4 is 34.4 Å². The van der Waals surface area contributed by atoms with Crippen LogP contribution in [0.5, 0.6) is 0 Å². The molecule has 1 aliphatic carbocycles. The quantitative estimate of drug-likeness (QED) is 0.367. The van der Waals surface area contributed by atoms with Crippen LogP contribution in [0.1, 0.15) is 52.4 Å². The van der Waals surface area contributed by atoms with E-state index in [9.17, 15) is 14.4 Å². The number of hydrazone groups is 1. The van der Waals surface area contributed by atoms with E-state index in [0.29, 0.717) is 24.8 Å². The zero-order valence-corrected chi connectivity index (χ0v) is 19.0. The Labute approximate surface area is 182 Å². The molecule has 0 spiro atoms. The minimum Gasteiger partial charge on any atom is -0.380 e. The molecule has 2 aliphatic heterocycles. The Morgan fingerprint density at radius 3 is 2.53 bits per heavy atom. The van der Waals surface area contributed by atoms with E-state index in [0.717, 1.165) is 37.9 Å². The summed E-state index contributed by atoms with van der Waals surface area (Å²) in [5.41, 5.74) is 8.53. The number of nitrogens with one attached hydrogen (secondary N) is 1. The molecule has 3 atom stereocenters. The highest BCUT2D eigenvalue weighted by atomic mass is 32.2. The fraction of sp³-hybridized carbons (Fsp3) is 0.810. The SMILES string of the molecule is CN1C(=NNC(=O)C(=O)C(C(=O)C2CCCCC2)C2CCOCC2N)SCC1(C)C. The van der Waals surface area contributed by atoms with E-state index in [-0.39, 0.29) is 23.2 Å². The second-order valence-corrected chi connectivity index (χ2v) is 10.2. The summed E-state index contributed by atoms with van der Waals surface area (Å²) in [6.45, 7) is 4.91. The summed E-state index contributed by atoms with van der Waals surface area (Å²) in [5, 5.41) is 4.81. The van der Waals surface area contributed by atoms with Gasteiger partial charge >= 0.3 is 5.91 Å². The van der Waals surface area contributed by atoms with E-state index in [4.69, 9.17) is 10.5 Å². The molecule has 8 nitrogen and oxygen atoms in total. The molecule has 2 saturated heterocycles. The molecule has 3 rings (SSSR count). The van der Waals surface area contributed by atoms with Gasteiger partial charge in [0.1, 0.15) is 5.78 Å². The van der Waals surface area contributed by atoms with Crippen LogP contribution in [-0.4, -0.2) is 65.1 Å². The second-order valence-electron chi connectivity index (χ2n) is 9.27. The molecule has 2 heterocycles. The molecule has 3 unspecified atom stereocenters. The molecule has 9 heteroatoms. The van der Waals surface area contributed by atoms with Crippen LogP contribution < -0.4 is 11.2 Å². The molecule has 0 radical (unpaired) electrons. The van der Waals surface area contributed by atoms with Crippen LogP contribution in [-0.2, 0) is 19.1 Å². The molecule has 3 N–H and O–H groups in total. The van der Waals surface area contributed by atoms with Gasteiger partial charge < -0.3 is 15.4 Å². The second kappa shape index (κ2) is 9.78. The predicted molar refractivity (Wildman–Crippen MR) is 117 cm³/mol. The summed E-state index contributed by atoms with van der Waals surface area (Å²) in [7, 11) is 1.91. The number of hydrogen-bond donors (Lipinski definition) is 2. The molecule has 168 valence electrons. The van der Waals surface area contributed by atoms with E-state index >= 15 is 0 Å². The Hall–Kier alpha value is -1.45. The van der Waals surface area contributed by atoms with Gasteiger partial charge in [-0.3, -0.25) is 14.4 Å². The van der Waals surface area contributed by atoms with Gasteiger partial charge in [-0.2, -0.15) is 0 Å². The van der Waals surface area contributed by atoms with Crippen LogP contribution in [0.4, 0.5) is 0 Å². The third-order valence-corrected chi connectivity index (χ3v) is 8.18. The van der Waals surface area contributed by atoms with Crippen molar-refractivity contribution in [2.75, 3.05) is 26.0 Å². The van der Waals surface area contributed by atoms with Crippen molar-refractivity contribution in [3.8, 4) is 0 Å². The number of hydrogen-bond acceptors (Lipinski definition) is 7. The van der Waals surface area contributed by atoms with Crippen LogP contribution in [0.3, 0.4) is 0 Å². The van der Waals surface area contributed by atoms with E-state index < -0.39 is 23.7 Å². The summed E-state index contributed by atoms with van der Waals surface area (Å²) in [5.74, 6) is -2.40. The van der Waals surface area contributed by atoms with Crippen molar-refractivity contribution in [2.45, 2.75) is 64.0 Å². The zero-order valence-electron chi connectivity index (χ0n) is 18.2. The first-order chi connectivity index (χ1) is 14.2. The summed E-state index contributed by atoms with van der Waals surface area (Å²) >= 11 is 1.52. The lowest BCUT2D eigenvalue weighted by Crippen LogP contribution is -2.51. The summed E-state index contributed by atoms with van der Waals surface area (Å²) in [6.07, 6.45) is 5.14. The molecule has 30 heavy (non-hydrogen) atoms. The van der Waals surface area contributed by atoms with Crippen molar-refractivity contribution < 1.29 is 19.1 Å². The monoisotopic (exact) mass is 438 g/mol. The number of nitrogens with zero attached hydrogens (tertiary/aromatic N) is 2. The number of thioether (sulfide) groups is 1. The molecule has 1 saturated carbocycles. The highest BCUT2D eigenvalue weighted by Crippen LogP contribution is 2.33. The molecule has 0 aromatic carbocycles. The van der Waals surface area contributed by atoms with Gasteiger partial charge in [-0.25, -0.2) is 5.43 Å². The maximum atomic E-state index is 13.3. The van der Waals surface area contributed by atoms with E-state index in [1.807, 2.05) is 11.9 Å². The van der Waals surface area contributed by atoms with Gasteiger partial charge in [0.05, 0.1) is 12.5 Å². The van der Waals surface area contributed by atoms with E-state index in [1.165, 1.54) is 11.8 Å². The van der Waals surface area contributed by atoms with Crippen molar-refractivity contribution in [1.82, 2.24) is 10.3 Å². The Morgan fingerprint density at radius 2 is 1.93 bits per heavy atom. The van der Waals surface area contributed by atoms with Crippen molar-refractivity contribution in [3.63, 3.8) is 0 Å². The average molecular weight is 439 g/mol. The fourth-order valence-corrected chi connectivity index (χ4v) is 5.69. The number of carbonyl (C=O) groups excluding carboxylic acids is 3. The highest BCUT2D eigenvalue weighted by Gasteiger charge is 2.44. The van der Waals surface area contributed by atoms with Crippen LogP contribution in [0.2, 0.25) is 0 Å². The molecule has 3 aliphatic rings. The van der Waals surface area contributed by atoms with Crippen LogP contribution in [0, 0.1) is 17.8 Å². The number of rotatable bonds is 6. The minimum absolute atomic E-state index is 0.0768. The number of amidine groups is 1. The molecule has 3 fully saturated rings. The fourth-order valence-electron chi connectivity index (χ4n) is 4.46. The number of amides is 1. The lowest BCUT2D eigenvalue weighted by molar-refractivity contribution is -0.148. The van der Waals surface area contributed by atoms with Crippen molar-refractivity contribution in [1.29, 1.82) is 0 Å².